The van der Waals surface area contributed by atoms with Crippen LogP contribution in [0.5, 0.6) is 0 Å². The van der Waals surface area contributed by atoms with Gasteiger partial charge in [0.2, 0.25) is 5.76 Å². The Labute approximate surface area is 151 Å². The molecule has 3 heterocycles. The maximum absolute atomic E-state index is 12.7. The van der Waals surface area contributed by atoms with Crippen molar-refractivity contribution in [1.82, 2.24) is 20.0 Å². The third-order valence-corrected chi connectivity index (χ3v) is 4.77. The molecule has 134 valence electrons. The molecule has 1 aromatic carbocycles. The number of carbonyl (C=O) groups excluding carboxylic acids is 1. The number of amides is 1. The Balaban J connectivity index is 1.40. The Morgan fingerprint density at radius 2 is 2.15 bits per heavy atom. The summed E-state index contributed by atoms with van der Waals surface area (Å²) in [5.41, 5.74) is 1.54. The van der Waals surface area contributed by atoms with Gasteiger partial charge in [0.25, 0.3) is 11.8 Å². The molecular weight excluding hydrogens is 332 g/mol. The number of oxazole rings is 1. The minimum Gasteiger partial charge on any atom is -0.438 e. The van der Waals surface area contributed by atoms with Crippen LogP contribution in [0.2, 0.25) is 0 Å². The first kappa shape index (κ1) is 16.5. The van der Waals surface area contributed by atoms with Crippen molar-refractivity contribution in [2.75, 3.05) is 6.54 Å². The van der Waals surface area contributed by atoms with E-state index >= 15 is 0 Å². The number of carbonyl (C=O) groups is 1. The third kappa shape index (κ3) is 3.24. The fourth-order valence-corrected chi connectivity index (χ4v) is 3.39. The van der Waals surface area contributed by atoms with Gasteiger partial charge in [-0.3, -0.25) is 4.79 Å². The number of nitrogens with zero attached hydrogens (tertiary/aromatic N) is 4. The van der Waals surface area contributed by atoms with Crippen LogP contribution in [0.4, 0.5) is 0 Å². The van der Waals surface area contributed by atoms with E-state index in [1.807, 2.05) is 35.2 Å². The standard InChI is InChI=1S/C19H20N4O3/c1-13-17(25-12-20-13)19(24)23-11-5-8-15(23)9-10-16-21-18(26-22-16)14-6-3-2-4-7-14/h2-4,6-7,12,15H,5,8-11H2,1H3. The fraction of sp³-hybridized carbons (Fsp3) is 0.368. The quantitative estimate of drug-likeness (QED) is 0.700. The zero-order valence-corrected chi connectivity index (χ0v) is 14.6. The highest BCUT2D eigenvalue weighted by Gasteiger charge is 2.32. The van der Waals surface area contributed by atoms with Crippen molar-refractivity contribution in [3.63, 3.8) is 0 Å². The van der Waals surface area contributed by atoms with Crippen LogP contribution in [-0.2, 0) is 6.42 Å². The van der Waals surface area contributed by atoms with Crippen LogP contribution in [0.3, 0.4) is 0 Å². The molecule has 0 spiro atoms. The average molecular weight is 352 g/mol. The minimum absolute atomic E-state index is 0.0828. The molecule has 0 bridgehead atoms. The number of rotatable bonds is 5. The van der Waals surface area contributed by atoms with Crippen LogP contribution in [-0.4, -0.2) is 38.5 Å². The normalized spacial score (nSPS) is 17.0. The predicted octanol–water partition coefficient (Wildman–Crippen LogP) is 3.27. The van der Waals surface area contributed by atoms with Gasteiger partial charge >= 0.3 is 0 Å². The van der Waals surface area contributed by atoms with Crippen molar-refractivity contribution in [2.24, 2.45) is 0 Å². The molecule has 1 aliphatic rings. The van der Waals surface area contributed by atoms with Gasteiger partial charge in [0.15, 0.2) is 12.2 Å². The minimum atomic E-state index is -0.0828. The summed E-state index contributed by atoms with van der Waals surface area (Å²) in [5.74, 6) is 1.44. The summed E-state index contributed by atoms with van der Waals surface area (Å²) in [4.78, 5) is 23.0. The zero-order chi connectivity index (χ0) is 17.9. The summed E-state index contributed by atoms with van der Waals surface area (Å²) < 4.78 is 10.6. The third-order valence-electron chi connectivity index (χ3n) is 4.77. The Kier molecular flexibility index (Phi) is 4.51. The number of hydrogen-bond acceptors (Lipinski definition) is 6. The van der Waals surface area contributed by atoms with E-state index in [9.17, 15) is 4.79 Å². The highest BCUT2D eigenvalue weighted by Crippen LogP contribution is 2.25. The van der Waals surface area contributed by atoms with Crippen LogP contribution in [0.1, 0.15) is 41.3 Å². The van der Waals surface area contributed by atoms with E-state index < -0.39 is 0 Å². The number of hydrogen-bond donors (Lipinski definition) is 0. The van der Waals surface area contributed by atoms with Crippen molar-refractivity contribution in [2.45, 2.75) is 38.6 Å². The van der Waals surface area contributed by atoms with Gasteiger partial charge in [-0.15, -0.1) is 0 Å². The van der Waals surface area contributed by atoms with Gasteiger partial charge in [0, 0.05) is 24.6 Å². The molecule has 1 fully saturated rings. The lowest BCUT2D eigenvalue weighted by Gasteiger charge is -2.23. The van der Waals surface area contributed by atoms with Crippen molar-refractivity contribution >= 4 is 5.91 Å². The summed E-state index contributed by atoms with van der Waals surface area (Å²) in [6, 6.07) is 9.86. The summed E-state index contributed by atoms with van der Waals surface area (Å²) in [7, 11) is 0. The second-order valence-electron chi connectivity index (χ2n) is 6.48. The van der Waals surface area contributed by atoms with Gasteiger partial charge in [0.05, 0.1) is 5.69 Å². The largest absolute Gasteiger partial charge is 0.438 e. The van der Waals surface area contributed by atoms with E-state index in [4.69, 9.17) is 8.94 Å². The van der Waals surface area contributed by atoms with Crippen molar-refractivity contribution < 1.29 is 13.7 Å². The van der Waals surface area contributed by atoms with Crippen LogP contribution in [0.15, 0.2) is 45.7 Å². The van der Waals surface area contributed by atoms with Gasteiger partial charge in [-0.1, -0.05) is 23.4 Å². The number of aryl methyl sites for hydroxylation is 2. The van der Waals surface area contributed by atoms with Crippen molar-refractivity contribution in [3.8, 4) is 11.5 Å². The Bertz CT molecular complexity index is 887. The molecular formula is C19H20N4O3. The SMILES string of the molecule is Cc1ncoc1C(=O)N1CCCC1CCc1noc(-c2ccccc2)n1. The van der Waals surface area contributed by atoms with Crippen LogP contribution in [0, 0.1) is 6.92 Å². The molecule has 0 radical (unpaired) electrons. The second-order valence-corrected chi connectivity index (χ2v) is 6.48. The first-order valence-corrected chi connectivity index (χ1v) is 8.81. The Morgan fingerprint density at radius 3 is 2.92 bits per heavy atom. The second kappa shape index (κ2) is 7.11. The molecule has 1 atom stereocenters. The lowest BCUT2D eigenvalue weighted by Crippen LogP contribution is -2.36. The monoisotopic (exact) mass is 352 g/mol. The zero-order valence-electron chi connectivity index (χ0n) is 14.6. The van der Waals surface area contributed by atoms with E-state index in [0.29, 0.717) is 29.6 Å². The summed E-state index contributed by atoms with van der Waals surface area (Å²) in [6.45, 7) is 2.53. The van der Waals surface area contributed by atoms with Crippen LogP contribution < -0.4 is 0 Å². The highest BCUT2D eigenvalue weighted by atomic mass is 16.5. The summed E-state index contributed by atoms with van der Waals surface area (Å²) in [5, 5.41) is 4.07. The molecule has 7 heteroatoms. The van der Waals surface area contributed by atoms with Crippen molar-refractivity contribution in [1.29, 1.82) is 0 Å². The fourth-order valence-electron chi connectivity index (χ4n) is 3.39. The molecule has 26 heavy (non-hydrogen) atoms. The molecule has 1 aliphatic heterocycles. The van der Waals surface area contributed by atoms with Crippen LogP contribution >= 0.6 is 0 Å². The predicted molar refractivity (Wildman–Crippen MR) is 93.4 cm³/mol. The molecule has 2 aromatic heterocycles. The molecule has 0 N–H and O–H groups in total. The topological polar surface area (TPSA) is 85.3 Å². The lowest BCUT2D eigenvalue weighted by molar-refractivity contribution is 0.0697. The first-order chi connectivity index (χ1) is 12.7. The molecule has 0 aliphatic carbocycles. The molecule has 4 rings (SSSR count). The highest BCUT2D eigenvalue weighted by molar-refractivity contribution is 5.92. The number of aromatic nitrogens is 3. The average Bonchev–Trinajstić information content (AvgIpc) is 3.41. The van der Waals surface area contributed by atoms with Gasteiger partial charge in [0.1, 0.15) is 0 Å². The Hall–Kier alpha value is -2.96. The first-order valence-electron chi connectivity index (χ1n) is 8.81. The molecule has 7 nitrogen and oxygen atoms in total. The van der Waals surface area contributed by atoms with E-state index in [-0.39, 0.29) is 11.9 Å². The number of likely N-dealkylation sites (tertiary alicyclic amines) is 1. The molecule has 1 amide bonds. The van der Waals surface area contributed by atoms with Gasteiger partial charge in [-0.2, -0.15) is 4.98 Å². The maximum Gasteiger partial charge on any atom is 0.291 e. The molecule has 1 saturated heterocycles. The van der Waals surface area contributed by atoms with E-state index in [1.165, 1.54) is 6.39 Å². The van der Waals surface area contributed by atoms with E-state index in [2.05, 4.69) is 15.1 Å². The van der Waals surface area contributed by atoms with Gasteiger partial charge in [-0.25, -0.2) is 4.98 Å². The molecule has 3 aromatic rings. The van der Waals surface area contributed by atoms with E-state index in [1.54, 1.807) is 6.92 Å². The Morgan fingerprint density at radius 1 is 1.31 bits per heavy atom. The smallest absolute Gasteiger partial charge is 0.291 e. The summed E-state index contributed by atoms with van der Waals surface area (Å²) >= 11 is 0. The van der Waals surface area contributed by atoms with Crippen molar-refractivity contribution in [3.05, 3.63) is 54.0 Å². The summed E-state index contributed by atoms with van der Waals surface area (Å²) in [6.07, 6.45) is 4.75. The van der Waals surface area contributed by atoms with Gasteiger partial charge in [-0.05, 0) is 38.3 Å². The maximum atomic E-state index is 12.7. The number of benzene rings is 1. The molecule has 1 unspecified atom stereocenters. The van der Waals surface area contributed by atoms with Gasteiger partial charge < -0.3 is 13.8 Å². The molecule has 0 saturated carbocycles. The lowest BCUT2D eigenvalue weighted by atomic mass is 10.1. The van der Waals surface area contributed by atoms with Crippen LogP contribution in [0.25, 0.3) is 11.5 Å². The van der Waals surface area contributed by atoms with E-state index in [0.717, 1.165) is 31.4 Å².